The van der Waals surface area contributed by atoms with Gasteiger partial charge in [0.25, 0.3) is 0 Å². The van der Waals surface area contributed by atoms with Gasteiger partial charge in [0.05, 0.1) is 6.04 Å². The highest BCUT2D eigenvalue weighted by Crippen LogP contribution is 2.25. The fourth-order valence-corrected chi connectivity index (χ4v) is 2.33. The van der Waals surface area contributed by atoms with Crippen molar-refractivity contribution in [1.82, 2.24) is 0 Å². The Morgan fingerprint density at radius 1 is 0.941 bits per heavy atom. The molecule has 88 valence electrons. The summed E-state index contributed by atoms with van der Waals surface area (Å²) in [4.78, 5) is 0. The number of nitrogens with two attached hydrogens (primary N) is 1. The SMILES string of the molecule is Cc1ccc(C(N)c2ccc(Br)cc2)cc1Br. The smallest absolute Gasteiger partial charge is 0.0552 e. The van der Waals surface area contributed by atoms with Crippen molar-refractivity contribution in [2.24, 2.45) is 5.73 Å². The fourth-order valence-electron chi connectivity index (χ4n) is 1.67. The molecule has 1 unspecified atom stereocenters. The molecule has 0 radical (unpaired) electrons. The van der Waals surface area contributed by atoms with Crippen LogP contribution >= 0.6 is 31.9 Å². The van der Waals surface area contributed by atoms with Gasteiger partial charge in [-0.3, -0.25) is 0 Å². The van der Waals surface area contributed by atoms with E-state index in [1.807, 2.05) is 24.3 Å². The third-order valence-electron chi connectivity index (χ3n) is 2.78. The van der Waals surface area contributed by atoms with Gasteiger partial charge in [-0.2, -0.15) is 0 Å². The molecule has 2 aromatic carbocycles. The molecule has 2 aromatic rings. The van der Waals surface area contributed by atoms with Gasteiger partial charge in [-0.25, -0.2) is 0 Å². The summed E-state index contributed by atoms with van der Waals surface area (Å²) in [7, 11) is 0. The summed E-state index contributed by atoms with van der Waals surface area (Å²) in [6.45, 7) is 2.07. The lowest BCUT2D eigenvalue weighted by Crippen LogP contribution is -2.11. The average Bonchev–Trinajstić information content (AvgIpc) is 2.33. The van der Waals surface area contributed by atoms with E-state index in [0.29, 0.717) is 0 Å². The Balaban J connectivity index is 2.33. The van der Waals surface area contributed by atoms with Crippen molar-refractivity contribution < 1.29 is 0 Å². The Kier molecular flexibility index (Phi) is 4.02. The van der Waals surface area contributed by atoms with E-state index in [2.05, 4.69) is 57.0 Å². The molecule has 0 saturated heterocycles. The maximum Gasteiger partial charge on any atom is 0.0552 e. The molecule has 0 aromatic heterocycles. The molecule has 0 bridgehead atoms. The van der Waals surface area contributed by atoms with Gasteiger partial charge < -0.3 is 5.73 Å². The normalized spacial score (nSPS) is 12.5. The van der Waals surface area contributed by atoms with Crippen LogP contribution in [-0.2, 0) is 0 Å². The highest BCUT2D eigenvalue weighted by molar-refractivity contribution is 9.10. The molecule has 17 heavy (non-hydrogen) atoms. The van der Waals surface area contributed by atoms with E-state index in [1.54, 1.807) is 0 Å². The molecular formula is C14H13Br2N. The van der Waals surface area contributed by atoms with Gasteiger partial charge in [0.1, 0.15) is 0 Å². The number of benzene rings is 2. The van der Waals surface area contributed by atoms with Gasteiger partial charge in [0, 0.05) is 8.95 Å². The highest BCUT2D eigenvalue weighted by Gasteiger charge is 2.09. The number of aryl methyl sites for hydroxylation is 1. The Bertz CT molecular complexity index is 520. The second kappa shape index (κ2) is 5.34. The summed E-state index contributed by atoms with van der Waals surface area (Å²) in [5, 5.41) is 0. The van der Waals surface area contributed by atoms with Crippen LogP contribution in [0.5, 0.6) is 0 Å². The molecule has 3 heteroatoms. The Labute approximate surface area is 118 Å². The molecule has 0 fully saturated rings. The quantitative estimate of drug-likeness (QED) is 0.839. The number of rotatable bonds is 2. The number of halogens is 2. The molecule has 0 amide bonds. The summed E-state index contributed by atoms with van der Waals surface area (Å²) in [5.74, 6) is 0. The molecule has 0 aliphatic heterocycles. The summed E-state index contributed by atoms with van der Waals surface area (Å²) < 4.78 is 2.17. The lowest BCUT2D eigenvalue weighted by Gasteiger charge is -2.13. The highest BCUT2D eigenvalue weighted by atomic mass is 79.9. The minimum Gasteiger partial charge on any atom is -0.320 e. The molecule has 0 heterocycles. The molecule has 0 aliphatic carbocycles. The van der Waals surface area contributed by atoms with Gasteiger partial charge in [-0.15, -0.1) is 0 Å². The van der Waals surface area contributed by atoms with Crippen molar-refractivity contribution in [2.75, 3.05) is 0 Å². The summed E-state index contributed by atoms with van der Waals surface area (Å²) in [6.07, 6.45) is 0. The van der Waals surface area contributed by atoms with Crippen LogP contribution in [0.4, 0.5) is 0 Å². The van der Waals surface area contributed by atoms with Gasteiger partial charge in [0.2, 0.25) is 0 Å². The second-order valence-electron chi connectivity index (χ2n) is 4.04. The lowest BCUT2D eigenvalue weighted by molar-refractivity contribution is 0.869. The maximum atomic E-state index is 6.25. The molecule has 1 nitrogen and oxygen atoms in total. The predicted molar refractivity (Wildman–Crippen MR) is 79.1 cm³/mol. The minimum absolute atomic E-state index is 0.0833. The van der Waals surface area contributed by atoms with Gasteiger partial charge in [-0.05, 0) is 41.8 Å². The van der Waals surface area contributed by atoms with E-state index in [1.165, 1.54) is 5.56 Å². The largest absolute Gasteiger partial charge is 0.320 e. The van der Waals surface area contributed by atoms with Crippen LogP contribution in [0.15, 0.2) is 51.4 Å². The maximum absolute atomic E-state index is 6.25. The van der Waals surface area contributed by atoms with Crippen LogP contribution in [0.2, 0.25) is 0 Å². The molecule has 0 spiro atoms. The van der Waals surface area contributed by atoms with Crippen LogP contribution in [0.3, 0.4) is 0 Å². The topological polar surface area (TPSA) is 26.0 Å². The van der Waals surface area contributed by atoms with E-state index in [-0.39, 0.29) is 6.04 Å². The molecule has 0 saturated carbocycles. The van der Waals surface area contributed by atoms with Crippen LogP contribution < -0.4 is 5.73 Å². The fraction of sp³-hybridized carbons (Fsp3) is 0.143. The van der Waals surface area contributed by atoms with Crippen molar-refractivity contribution in [3.05, 3.63) is 68.1 Å². The van der Waals surface area contributed by atoms with Gasteiger partial charge in [0.15, 0.2) is 0 Å². The summed E-state index contributed by atoms with van der Waals surface area (Å²) in [6, 6.07) is 14.3. The molecule has 2 N–H and O–H groups in total. The second-order valence-corrected chi connectivity index (χ2v) is 5.81. The predicted octanol–water partition coefficient (Wildman–Crippen LogP) is 4.57. The first-order valence-electron chi connectivity index (χ1n) is 5.35. The standard InChI is InChI=1S/C14H13Br2N/c1-9-2-3-11(8-13(9)16)14(17)10-4-6-12(15)7-5-10/h2-8,14H,17H2,1H3. The third-order valence-corrected chi connectivity index (χ3v) is 4.17. The average molecular weight is 355 g/mol. The van der Waals surface area contributed by atoms with Crippen LogP contribution in [0, 0.1) is 6.92 Å². The molecule has 2 rings (SSSR count). The van der Waals surface area contributed by atoms with Crippen LogP contribution in [-0.4, -0.2) is 0 Å². The first kappa shape index (κ1) is 12.8. The van der Waals surface area contributed by atoms with Crippen molar-refractivity contribution in [1.29, 1.82) is 0 Å². The van der Waals surface area contributed by atoms with E-state index in [0.717, 1.165) is 20.1 Å². The lowest BCUT2D eigenvalue weighted by atomic mass is 9.99. The monoisotopic (exact) mass is 353 g/mol. The zero-order chi connectivity index (χ0) is 12.4. The van der Waals surface area contributed by atoms with E-state index in [9.17, 15) is 0 Å². The summed E-state index contributed by atoms with van der Waals surface area (Å²) >= 11 is 6.96. The van der Waals surface area contributed by atoms with Crippen molar-refractivity contribution in [3.63, 3.8) is 0 Å². The van der Waals surface area contributed by atoms with Crippen molar-refractivity contribution in [2.45, 2.75) is 13.0 Å². The van der Waals surface area contributed by atoms with E-state index in [4.69, 9.17) is 5.73 Å². The first-order valence-corrected chi connectivity index (χ1v) is 6.93. The Morgan fingerprint density at radius 3 is 2.12 bits per heavy atom. The Morgan fingerprint density at radius 2 is 1.53 bits per heavy atom. The van der Waals surface area contributed by atoms with Gasteiger partial charge in [-0.1, -0.05) is 56.1 Å². The minimum atomic E-state index is -0.0833. The zero-order valence-corrected chi connectivity index (χ0v) is 12.6. The molecular weight excluding hydrogens is 342 g/mol. The van der Waals surface area contributed by atoms with Crippen molar-refractivity contribution in [3.8, 4) is 0 Å². The van der Waals surface area contributed by atoms with Crippen molar-refractivity contribution >= 4 is 31.9 Å². The third kappa shape index (κ3) is 2.97. The molecule has 0 aliphatic rings. The van der Waals surface area contributed by atoms with Gasteiger partial charge >= 0.3 is 0 Å². The van der Waals surface area contributed by atoms with Crippen LogP contribution in [0.25, 0.3) is 0 Å². The summed E-state index contributed by atoms with van der Waals surface area (Å²) in [5.41, 5.74) is 9.70. The number of hydrogen-bond donors (Lipinski definition) is 1. The first-order chi connectivity index (χ1) is 8.08. The van der Waals surface area contributed by atoms with E-state index < -0.39 is 0 Å². The Hall–Kier alpha value is -0.640. The number of hydrogen-bond acceptors (Lipinski definition) is 1. The van der Waals surface area contributed by atoms with E-state index >= 15 is 0 Å². The van der Waals surface area contributed by atoms with Crippen LogP contribution in [0.1, 0.15) is 22.7 Å². The molecule has 1 atom stereocenters. The zero-order valence-electron chi connectivity index (χ0n) is 9.45.